The number of phenols is 1. The van der Waals surface area contributed by atoms with Crippen LogP contribution >= 0.6 is 0 Å². The summed E-state index contributed by atoms with van der Waals surface area (Å²) in [4.78, 5) is 17.5. The smallest absolute Gasteiger partial charge is 0.339 e. The molecule has 0 aliphatic heterocycles. The summed E-state index contributed by atoms with van der Waals surface area (Å²) in [5, 5.41) is 10.8. The van der Waals surface area contributed by atoms with E-state index < -0.39 is 10.1 Å². The number of aryl methyl sites for hydroxylation is 2. The molecular weight excluding hydrogens is 488 g/mol. The first-order valence-corrected chi connectivity index (χ1v) is 13.5. The quantitative estimate of drug-likeness (QED) is 0.225. The van der Waals surface area contributed by atoms with Gasteiger partial charge in [0.1, 0.15) is 16.4 Å². The Balaban J connectivity index is 1.53. The molecule has 0 radical (unpaired) electrons. The summed E-state index contributed by atoms with van der Waals surface area (Å²) in [5.41, 5.74) is 3.37. The molecule has 4 aromatic rings. The maximum Gasteiger partial charge on any atom is 0.339 e. The molecule has 1 atom stereocenters. The van der Waals surface area contributed by atoms with Crippen molar-refractivity contribution in [2.45, 2.75) is 45.4 Å². The highest BCUT2D eigenvalue weighted by molar-refractivity contribution is 7.87. The maximum atomic E-state index is 13.2. The van der Waals surface area contributed by atoms with Crippen LogP contribution in [0.1, 0.15) is 46.2 Å². The number of hydrogen-bond donors (Lipinski definition) is 1. The van der Waals surface area contributed by atoms with Crippen LogP contribution in [0.15, 0.2) is 78.0 Å². The van der Waals surface area contributed by atoms with E-state index in [2.05, 4.69) is 4.98 Å². The predicted molar refractivity (Wildman–Crippen MR) is 142 cm³/mol. The summed E-state index contributed by atoms with van der Waals surface area (Å²) in [6, 6.07) is 17.5. The van der Waals surface area contributed by atoms with Crippen molar-refractivity contribution in [3.63, 3.8) is 0 Å². The molecule has 0 fully saturated rings. The van der Waals surface area contributed by atoms with Gasteiger partial charge in [0.25, 0.3) is 0 Å². The van der Waals surface area contributed by atoms with Crippen molar-refractivity contribution in [2.75, 3.05) is 0 Å². The van der Waals surface area contributed by atoms with Crippen LogP contribution in [0.25, 0.3) is 5.69 Å². The first kappa shape index (κ1) is 26.2. The molecule has 0 spiro atoms. The van der Waals surface area contributed by atoms with Gasteiger partial charge in [-0.1, -0.05) is 42.8 Å². The van der Waals surface area contributed by atoms with Gasteiger partial charge >= 0.3 is 10.1 Å². The molecule has 1 unspecified atom stereocenters. The number of carbonyl (C=O) groups excluding carboxylic acids is 1. The SMILES string of the molecule is Cc1ccc(S(=O)(=O)Oc2cc(CCC(C)C(=O)c3nccn3-c3ccccc3)c(O)c(C)c2C)cc1. The first-order chi connectivity index (χ1) is 17.6. The topological polar surface area (TPSA) is 98.5 Å². The summed E-state index contributed by atoms with van der Waals surface area (Å²) in [6.07, 6.45) is 4.14. The van der Waals surface area contributed by atoms with Gasteiger partial charge in [0.2, 0.25) is 5.78 Å². The molecule has 3 aromatic carbocycles. The second kappa shape index (κ2) is 10.6. The minimum absolute atomic E-state index is 0.0536. The van der Waals surface area contributed by atoms with Crippen LogP contribution in [-0.2, 0) is 16.5 Å². The van der Waals surface area contributed by atoms with Gasteiger partial charge in [-0.2, -0.15) is 8.42 Å². The zero-order chi connectivity index (χ0) is 26.7. The highest BCUT2D eigenvalue weighted by Gasteiger charge is 2.24. The number of aromatic nitrogens is 2. The van der Waals surface area contributed by atoms with E-state index in [0.717, 1.165) is 11.3 Å². The van der Waals surface area contributed by atoms with Gasteiger partial charge in [0, 0.05) is 24.0 Å². The lowest BCUT2D eigenvalue weighted by Gasteiger charge is -2.17. The average molecular weight is 519 g/mol. The van der Waals surface area contributed by atoms with Crippen molar-refractivity contribution in [1.29, 1.82) is 0 Å². The number of Topliss-reactive ketones (excluding diaryl/α,β-unsaturated/α-hetero) is 1. The summed E-state index contributed by atoms with van der Waals surface area (Å²) in [6.45, 7) is 7.11. The van der Waals surface area contributed by atoms with Crippen LogP contribution in [0.4, 0.5) is 0 Å². The zero-order valence-corrected chi connectivity index (χ0v) is 22.1. The van der Waals surface area contributed by atoms with Crippen molar-refractivity contribution in [3.05, 3.63) is 101 Å². The van der Waals surface area contributed by atoms with E-state index in [-0.39, 0.29) is 28.1 Å². The number of rotatable bonds is 9. The number of ketones is 1. The second-order valence-corrected chi connectivity index (χ2v) is 10.8. The van der Waals surface area contributed by atoms with Gasteiger partial charge in [0.15, 0.2) is 5.82 Å². The van der Waals surface area contributed by atoms with Crippen molar-refractivity contribution in [3.8, 4) is 17.2 Å². The Morgan fingerprint density at radius 3 is 2.38 bits per heavy atom. The van der Waals surface area contributed by atoms with Gasteiger partial charge in [-0.15, -0.1) is 0 Å². The molecule has 192 valence electrons. The van der Waals surface area contributed by atoms with Gasteiger partial charge in [-0.3, -0.25) is 9.36 Å². The van der Waals surface area contributed by atoms with Gasteiger partial charge in [-0.05, 0) is 80.6 Å². The van der Waals surface area contributed by atoms with E-state index in [9.17, 15) is 18.3 Å². The van der Waals surface area contributed by atoms with Crippen LogP contribution in [-0.4, -0.2) is 28.9 Å². The fraction of sp³-hybridized carbons (Fsp3) is 0.241. The number of benzene rings is 3. The summed E-state index contributed by atoms with van der Waals surface area (Å²) >= 11 is 0. The van der Waals surface area contributed by atoms with E-state index in [4.69, 9.17) is 4.18 Å². The Hall–Kier alpha value is -3.91. The summed E-state index contributed by atoms with van der Waals surface area (Å²) < 4.78 is 33.0. The van der Waals surface area contributed by atoms with E-state index in [0.29, 0.717) is 35.4 Å². The van der Waals surface area contributed by atoms with Crippen LogP contribution in [0.5, 0.6) is 11.5 Å². The zero-order valence-electron chi connectivity index (χ0n) is 21.3. The molecular formula is C29H30N2O5S. The van der Waals surface area contributed by atoms with Crippen LogP contribution in [0.2, 0.25) is 0 Å². The summed E-state index contributed by atoms with van der Waals surface area (Å²) in [5.74, 6) is 0.0749. The highest BCUT2D eigenvalue weighted by atomic mass is 32.2. The number of nitrogens with zero attached hydrogens (tertiary/aromatic N) is 2. The Kier molecular flexibility index (Phi) is 7.50. The fourth-order valence-corrected chi connectivity index (χ4v) is 5.07. The van der Waals surface area contributed by atoms with Gasteiger partial charge in [0.05, 0.1) is 0 Å². The Morgan fingerprint density at radius 2 is 1.70 bits per heavy atom. The minimum atomic E-state index is -4.05. The number of hydrogen-bond acceptors (Lipinski definition) is 6. The Bertz CT molecular complexity index is 1520. The number of phenolic OH excluding ortho intramolecular Hbond substituents is 1. The normalized spacial score (nSPS) is 12.3. The molecule has 4 rings (SSSR count). The summed E-state index contributed by atoms with van der Waals surface area (Å²) in [7, 11) is -4.05. The molecule has 1 heterocycles. The second-order valence-electron chi connectivity index (χ2n) is 9.24. The lowest BCUT2D eigenvalue weighted by atomic mass is 9.94. The largest absolute Gasteiger partial charge is 0.507 e. The van der Waals surface area contributed by atoms with Crippen LogP contribution in [0, 0.1) is 26.7 Å². The third-order valence-corrected chi connectivity index (χ3v) is 7.84. The maximum absolute atomic E-state index is 13.2. The van der Waals surface area contributed by atoms with Crippen molar-refractivity contribution >= 4 is 15.9 Å². The van der Waals surface area contributed by atoms with Gasteiger partial charge < -0.3 is 9.29 Å². The lowest BCUT2D eigenvalue weighted by molar-refractivity contribution is 0.0912. The molecule has 0 aliphatic carbocycles. The standard InChI is InChI=1S/C29H30N2O5S/c1-19-10-14-25(15-11-19)37(34,35)36-26-18-23(28(33)22(4)21(26)3)13-12-20(2)27(32)29-30-16-17-31(29)24-8-6-5-7-9-24/h5-11,14-18,20,33H,12-13H2,1-4H3. The van der Waals surface area contributed by atoms with E-state index in [1.54, 1.807) is 49.0 Å². The molecule has 0 bridgehead atoms. The minimum Gasteiger partial charge on any atom is -0.507 e. The third kappa shape index (κ3) is 5.59. The van der Waals surface area contributed by atoms with E-state index in [1.807, 2.05) is 44.2 Å². The monoisotopic (exact) mass is 518 g/mol. The average Bonchev–Trinajstić information content (AvgIpc) is 3.38. The number of para-hydroxylation sites is 1. The van der Waals surface area contributed by atoms with Crippen molar-refractivity contribution in [2.24, 2.45) is 5.92 Å². The van der Waals surface area contributed by atoms with Crippen molar-refractivity contribution < 1.29 is 22.5 Å². The van der Waals surface area contributed by atoms with E-state index in [1.165, 1.54) is 12.1 Å². The Labute approximate surface area is 217 Å². The molecule has 0 amide bonds. The van der Waals surface area contributed by atoms with Crippen molar-refractivity contribution in [1.82, 2.24) is 9.55 Å². The lowest BCUT2D eigenvalue weighted by Crippen LogP contribution is -2.17. The molecule has 0 saturated heterocycles. The fourth-order valence-electron chi connectivity index (χ4n) is 4.09. The number of imidazole rings is 1. The number of aromatic hydroxyl groups is 1. The van der Waals surface area contributed by atoms with Crippen LogP contribution < -0.4 is 4.18 Å². The molecule has 0 saturated carbocycles. The molecule has 1 N–H and O–H groups in total. The first-order valence-electron chi connectivity index (χ1n) is 12.0. The third-order valence-electron chi connectivity index (χ3n) is 6.60. The molecule has 8 heteroatoms. The van der Waals surface area contributed by atoms with Gasteiger partial charge in [-0.25, -0.2) is 4.98 Å². The molecule has 7 nitrogen and oxygen atoms in total. The Morgan fingerprint density at radius 1 is 1.03 bits per heavy atom. The highest BCUT2D eigenvalue weighted by Crippen LogP contribution is 2.35. The van der Waals surface area contributed by atoms with E-state index >= 15 is 0 Å². The molecule has 0 aliphatic rings. The molecule has 1 aromatic heterocycles. The number of carbonyl (C=O) groups is 1. The van der Waals surface area contributed by atoms with Crippen LogP contribution in [0.3, 0.4) is 0 Å². The molecule has 37 heavy (non-hydrogen) atoms. The predicted octanol–water partition coefficient (Wildman–Crippen LogP) is 5.72.